The molecular weight excluding hydrogens is 262 g/mol. The third kappa shape index (κ3) is 2.96. The first kappa shape index (κ1) is 13.6. The molecule has 0 atom stereocenters. The molecule has 0 spiro atoms. The van der Waals surface area contributed by atoms with Gasteiger partial charge in [0.25, 0.3) is 0 Å². The molecule has 1 aromatic carbocycles. The number of carbonyl (C=O) groups is 1. The number of aromatic nitrogens is 2. The molecule has 0 saturated heterocycles. The Morgan fingerprint density at radius 3 is 3.00 bits per heavy atom. The Morgan fingerprint density at radius 2 is 2.32 bits per heavy atom. The van der Waals surface area contributed by atoms with Crippen molar-refractivity contribution in [3.63, 3.8) is 0 Å². The fraction of sp³-hybridized carbons (Fsp3) is 0.385. The summed E-state index contributed by atoms with van der Waals surface area (Å²) in [5.74, 6) is 0.812. The Kier molecular flexibility index (Phi) is 4.21. The molecular formula is C13H17N3O2S. The molecule has 2 rings (SSSR count). The predicted octanol–water partition coefficient (Wildman–Crippen LogP) is 2.23. The van der Waals surface area contributed by atoms with Crippen LogP contribution < -0.4 is 10.1 Å². The van der Waals surface area contributed by atoms with Crippen molar-refractivity contribution in [2.45, 2.75) is 19.9 Å². The number of hydrogen-bond acceptors (Lipinski definition) is 3. The molecule has 0 unspecified atom stereocenters. The number of ether oxygens (including phenoxy) is 1. The Bertz CT molecular complexity index is 645. The van der Waals surface area contributed by atoms with E-state index in [0.29, 0.717) is 24.3 Å². The quantitative estimate of drug-likeness (QED) is 0.825. The van der Waals surface area contributed by atoms with Gasteiger partial charge in [-0.1, -0.05) is 0 Å². The minimum Gasteiger partial charge on any atom is -0.497 e. The Balaban J connectivity index is 2.25. The van der Waals surface area contributed by atoms with E-state index in [1.165, 1.54) is 0 Å². The molecule has 6 heteroatoms. The molecule has 0 fully saturated rings. The molecule has 1 aromatic heterocycles. The monoisotopic (exact) mass is 279 g/mol. The van der Waals surface area contributed by atoms with Crippen LogP contribution in [-0.2, 0) is 11.3 Å². The number of hydrogen-bond donors (Lipinski definition) is 2. The van der Waals surface area contributed by atoms with Crippen LogP contribution in [-0.4, -0.2) is 29.1 Å². The third-order valence-corrected chi connectivity index (χ3v) is 3.24. The van der Waals surface area contributed by atoms with Crippen LogP contribution in [0.1, 0.15) is 13.3 Å². The van der Waals surface area contributed by atoms with Crippen molar-refractivity contribution in [1.29, 1.82) is 0 Å². The lowest BCUT2D eigenvalue weighted by Crippen LogP contribution is -2.23. The summed E-state index contributed by atoms with van der Waals surface area (Å²) in [5, 5.41) is 2.78. The summed E-state index contributed by atoms with van der Waals surface area (Å²) in [4.78, 5) is 14.6. The lowest BCUT2D eigenvalue weighted by molar-refractivity contribution is -0.121. The number of imidazole rings is 1. The second kappa shape index (κ2) is 5.88. The fourth-order valence-corrected chi connectivity index (χ4v) is 2.29. The highest BCUT2D eigenvalue weighted by molar-refractivity contribution is 7.71. The van der Waals surface area contributed by atoms with Crippen molar-refractivity contribution >= 4 is 29.2 Å². The molecule has 5 nitrogen and oxygen atoms in total. The Labute approximate surface area is 116 Å². The van der Waals surface area contributed by atoms with E-state index >= 15 is 0 Å². The second-order valence-corrected chi connectivity index (χ2v) is 4.56. The molecule has 2 aromatic rings. The van der Waals surface area contributed by atoms with Gasteiger partial charge in [-0.05, 0) is 31.3 Å². The number of nitrogens with zero attached hydrogens (tertiary/aromatic N) is 1. The number of carbonyl (C=O) groups excluding carboxylic acids is 1. The molecule has 0 bridgehead atoms. The maximum Gasteiger partial charge on any atom is 0.221 e. The van der Waals surface area contributed by atoms with E-state index < -0.39 is 0 Å². The summed E-state index contributed by atoms with van der Waals surface area (Å²) >= 11 is 5.28. The van der Waals surface area contributed by atoms with Gasteiger partial charge < -0.3 is 19.6 Å². The highest BCUT2D eigenvalue weighted by Gasteiger charge is 2.07. The normalized spacial score (nSPS) is 10.6. The Hall–Kier alpha value is -1.82. The third-order valence-electron chi connectivity index (χ3n) is 2.92. The van der Waals surface area contributed by atoms with Crippen LogP contribution in [0.2, 0.25) is 0 Å². The second-order valence-electron chi connectivity index (χ2n) is 4.17. The highest BCUT2D eigenvalue weighted by Crippen LogP contribution is 2.20. The first-order valence-electron chi connectivity index (χ1n) is 6.19. The molecule has 102 valence electrons. The average Bonchev–Trinajstić information content (AvgIpc) is 2.71. The highest BCUT2D eigenvalue weighted by atomic mass is 32.1. The molecule has 19 heavy (non-hydrogen) atoms. The average molecular weight is 279 g/mol. The van der Waals surface area contributed by atoms with Crippen LogP contribution in [0, 0.1) is 4.77 Å². The molecule has 1 heterocycles. The number of rotatable bonds is 5. The van der Waals surface area contributed by atoms with Crippen molar-refractivity contribution in [1.82, 2.24) is 14.9 Å². The van der Waals surface area contributed by atoms with Crippen LogP contribution in [0.4, 0.5) is 0 Å². The van der Waals surface area contributed by atoms with Crippen molar-refractivity contribution < 1.29 is 9.53 Å². The SMILES string of the molecule is CCNC(=O)CCn1c(=S)[nH]c2cc(OC)ccc21. The summed E-state index contributed by atoms with van der Waals surface area (Å²) in [7, 11) is 1.63. The summed E-state index contributed by atoms with van der Waals surface area (Å²) in [6, 6.07) is 5.72. The number of methoxy groups -OCH3 is 1. The summed E-state index contributed by atoms with van der Waals surface area (Å²) in [5.41, 5.74) is 1.90. The molecule has 0 saturated carbocycles. The minimum absolute atomic E-state index is 0.0345. The van der Waals surface area contributed by atoms with Gasteiger partial charge in [0.2, 0.25) is 5.91 Å². The first-order valence-corrected chi connectivity index (χ1v) is 6.59. The van der Waals surface area contributed by atoms with Crippen LogP contribution in [0.3, 0.4) is 0 Å². The fourth-order valence-electron chi connectivity index (χ4n) is 1.99. The van der Waals surface area contributed by atoms with Gasteiger partial charge in [0.1, 0.15) is 5.75 Å². The van der Waals surface area contributed by atoms with Gasteiger partial charge in [-0.15, -0.1) is 0 Å². The Morgan fingerprint density at radius 1 is 1.53 bits per heavy atom. The number of aromatic amines is 1. The number of benzene rings is 1. The van der Waals surface area contributed by atoms with Crippen molar-refractivity contribution in [3.05, 3.63) is 23.0 Å². The van der Waals surface area contributed by atoms with Gasteiger partial charge in [0.05, 0.1) is 18.1 Å². The van der Waals surface area contributed by atoms with E-state index in [2.05, 4.69) is 10.3 Å². The zero-order valence-corrected chi connectivity index (χ0v) is 11.8. The zero-order chi connectivity index (χ0) is 13.8. The van der Waals surface area contributed by atoms with E-state index in [0.717, 1.165) is 16.8 Å². The van der Waals surface area contributed by atoms with Crippen molar-refractivity contribution in [3.8, 4) is 5.75 Å². The van der Waals surface area contributed by atoms with E-state index in [4.69, 9.17) is 17.0 Å². The maximum absolute atomic E-state index is 11.5. The topological polar surface area (TPSA) is 59.0 Å². The van der Waals surface area contributed by atoms with Crippen LogP contribution in [0.5, 0.6) is 5.75 Å². The van der Waals surface area contributed by atoms with Crippen LogP contribution in [0.15, 0.2) is 18.2 Å². The van der Waals surface area contributed by atoms with Gasteiger partial charge in [-0.3, -0.25) is 4.79 Å². The summed E-state index contributed by atoms with van der Waals surface area (Å²) in [6.07, 6.45) is 0.418. The number of amides is 1. The zero-order valence-electron chi connectivity index (χ0n) is 11.0. The van der Waals surface area contributed by atoms with Crippen molar-refractivity contribution in [2.75, 3.05) is 13.7 Å². The van der Waals surface area contributed by atoms with Gasteiger partial charge in [-0.25, -0.2) is 0 Å². The predicted molar refractivity (Wildman–Crippen MR) is 77.0 cm³/mol. The van der Waals surface area contributed by atoms with E-state index in [1.807, 2.05) is 29.7 Å². The standard InChI is InChI=1S/C13H17N3O2S/c1-3-14-12(17)6-7-16-11-5-4-9(18-2)8-10(11)15-13(16)19/h4-5,8H,3,6-7H2,1-2H3,(H,14,17)(H,15,19). The van der Waals surface area contributed by atoms with E-state index in [9.17, 15) is 4.79 Å². The maximum atomic E-state index is 11.5. The number of nitrogens with one attached hydrogen (secondary N) is 2. The lowest BCUT2D eigenvalue weighted by Gasteiger charge is -2.05. The van der Waals surface area contributed by atoms with E-state index in [-0.39, 0.29) is 5.91 Å². The number of aryl methyl sites for hydroxylation is 1. The summed E-state index contributed by atoms with van der Waals surface area (Å²) in [6.45, 7) is 3.12. The van der Waals surface area contributed by atoms with Gasteiger partial charge >= 0.3 is 0 Å². The van der Waals surface area contributed by atoms with Crippen LogP contribution in [0.25, 0.3) is 11.0 Å². The van der Waals surface area contributed by atoms with E-state index in [1.54, 1.807) is 7.11 Å². The molecule has 0 aliphatic carbocycles. The number of H-pyrrole nitrogens is 1. The molecule has 1 amide bonds. The molecule has 0 aliphatic rings. The minimum atomic E-state index is 0.0345. The number of fused-ring (bicyclic) bond motifs is 1. The lowest BCUT2D eigenvalue weighted by atomic mass is 10.3. The van der Waals surface area contributed by atoms with Crippen molar-refractivity contribution in [2.24, 2.45) is 0 Å². The van der Waals surface area contributed by atoms with Gasteiger partial charge in [0.15, 0.2) is 4.77 Å². The molecule has 0 aliphatic heterocycles. The first-order chi connectivity index (χ1) is 9.15. The smallest absolute Gasteiger partial charge is 0.221 e. The largest absolute Gasteiger partial charge is 0.497 e. The summed E-state index contributed by atoms with van der Waals surface area (Å²) < 4.78 is 7.72. The molecule has 2 N–H and O–H groups in total. The molecule has 0 radical (unpaired) electrons. The van der Waals surface area contributed by atoms with Crippen LogP contribution >= 0.6 is 12.2 Å². The van der Waals surface area contributed by atoms with Gasteiger partial charge in [-0.2, -0.15) is 0 Å². The van der Waals surface area contributed by atoms with Gasteiger partial charge in [0, 0.05) is 25.6 Å².